The van der Waals surface area contributed by atoms with E-state index < -0.39 is 30.6 Å². The van der Waals surface area contributed by atoms with E-state index in [9.17, 15) is 22.8 Å². The number of hydrogen-bond acceptors (Lipinski definition) is 7. The zero-order valence-electron chi connectivity index (χ0n) is 16.0. The third kappa shape index (κ3) is 4.20. The molecular weight excluding hydrogens is 421 g/mol. The van der Waals surface area contributed by atoms with Crippen molar-refractivity contribution in [1.82, 2.24) is 28.9 Å². The molecule has 4 rings (SSSR count). The first kappa shape index (κ1) is 20.4. The molecule has 0 saturated carbocycles. The molecule has 0 saturated heterocycles. The number of aryl methyl sites for hydroxylation is 1. The van der Waals surface area contributed by atoms with Gasteiger partial charge in [-0.15, -0.1) is 5.10 Å². The Morgan fingerprint density at radius 2 is 1.81 bits per heavy atom. The molecule has 0 N–H and O–H groups in total. The molecule has 0 aliphatic heterocycles. The second kappa shape index (κ2) is 8.08. The maximum Gasteiger partial charge on any atom is 0.437 e. The molecule has 1 aromatic carbocycles. The van der Waals surface area contributed by atoms with Gasteiger partial charge in [0, 0.05) is 7.05 Å². The van der Waals surface area contributed by atoms with Gasteiger partial charge in [0.15, 0.2) is 11.2 Å². The van der Waals surface area contributed by atoms with Crippen molar-refractivity contribution in [3.05, 3.63) is 69.3 Å². The smallest absolute Gasteiger partial charge is 0.435 e. The number of fused-ring (bicyclic) bond motifs is 1. The van der Waals surface area contributed by atoms with E-state index in [1.54, 1.807) is 7.05 Å². The second-order valence-corrected chi connectivity index (χ2v) is 6.56. The standard InChI is InChI=1S/C18H15F3N6O4/c1-25-8-22-15-14(25)16(28)26(9-23-15)7-13-24-27(18(29)31-13)6-12(19)10-2-4-11(5-3-10)30-17(20)21/h2-5,8-9,12,17H,6-7H2,1H3/t12-/m0/s1. The summed E-state index contributed by atoms with van der Waals surface area (Å²) in [7, 11) is 1.64. The highest BCUT2D eigenvalue weighted by Crippen LogP contribution is 2.22. The van der Waals surface area contributed by atoms with Gasteiger partial charge in [-0.2, -0.15) is 13.5 Å². The van der Waals surface area contributed by atoms with Crippen molar-refractivity contribution in [2.24, 2.45) is 7.05 Å². The summed E-state index contributed by atoms with van der Waals surface area (Å²) in [5, 5.41) is 3.92. The van der Waals surface area contributed by atoms with E-state index in [1.165, 1.54) is 46.1 Å². The van der Waals surface area contributed by atoms with Crippen LogP contribution in [-0.4, -0.2) is 35.5 Å². The molecule has 31 heavy (non-hydrogen) atoms. The molecule has 0 unspecified atom stereocenters. The normalized spacial score (nSPS) is 12.5. The minimum absolute atomic E-state index is 0.108. The molecule has 3 heterocycles. The van der Waals surface area contributed by atoms with Gasteiger partial charge in [-0.1, -0.05) is 12.1 Å². The first-order valence-corrected chi connectivity index (χ1v) is 8.94. The van der Waals surface area contributed by atoms with Crippen LogP contribution >= 0.6 is 0 Å². The minimum atomic E-state index is -2.99. The Bertz CT molecular complexity index is 1320. The zero-order chi connectivity index (χ0) is 22.1. The monoisotopic (exact) mass is 436 g/mol. The van der Waals surface area contributed by atoms with Gasteiger partial charge in [-0.05, 0) is 17.7 Å². The highest BCUT2D eigenvalue weighted by atomic mass is 19.3. The van der Waals surface area contributed by atoms with E-state index in [0.717, 1.165) is 4.68 Å². The van der Waals surface area contributed by atoms with E-state index in [0.29, 0.717) is 0 Å². The number of alkyl halides is 3. The van der Waals surface area contributed by atoms with Crippen molar-refractivity contribution in [3.8, 4) is 5.75 Å². The maximum absolute atomic E-state index is 14.6. The molecule has 1 atom stereocenters. The second-order valence-electron chi connectivity index (χ2n) is 6.56. The van der Waals surface area contributed by atoms with Crippen LogP contribution in [-0.2, 0) is 20.1 Å². The minimum Gasteiger partial charge on any atom is -0.435 e. The number of rotatable bonds is 7. The van der Waals surface area contributed by atoms with E-state index in [2.05, 4.69) is 19.8 Å². The number of ether oxygens (including phenoxy) is 1. The molecule has 0 bridgehead atoms. The summed E-state index contributed by atoms with van der Waals surface area (Å²) in [4.78, 5) is 32.6. The van der Waals surface area contributed by atoms with Crippen LogP contribution in [0.4, 0.5) is 13.2 Å². The number of imidazole rings is 1. The Kier molecular flexibility index (Phi) is 5.31. The molecule has 0 radical (unpaired) electrons. The van der Waals surface area contributed by atoms with Gasteiger partial charge < -0.3 is 13.7 Å². The summed E-state index contributed by atoms with van der Waals surface area (Å²) in [6, 6.07) is 4.92. The first-order chi connectivity index (χ1) is 14.8. The molecule has 10 nitrogen and oxygen atoms in total. The molecule has 162 valence electrons. The summed E-state index contributed by atoms with van der Waals surface area (Å²) in [5.41, 5.74) is 0.283. The van der Waals surface area contributed by atoms with Gasteiger partial charge in [0.05, 0.1) is 12.9 Å². The average molecular weight is 436 g/mol. The molecule has 3 aromatic heterocycles. The molecule has 0 fully saturated rings. The van der Waals surface area contributed by atoms with Crippen molar-refractivity contribution < 1.29 is 22.3 Å². The van der Waals surface area contributed by atoms with E-state index in [-0.39, 0.29) is 34.9 Å². The largest absolute Gasteiger partial charge is 0.437 e. The summed E-state index contributed by atoms with van der Waals surface area (Å²) in [6.45, 7) is -3.64. The Hall–Kier alpha value is -3.90. The van der Waals surface area contributed by atoms with Crippen LogP contribution in [0.15, 0.2) is 50.9 Å². The Labute approximate surface area is 171 Å². The fourth-order valence-electron chi connectivity index (χ4n) is 2.97. The number of hydrogen-bond donors (Lipinski definition) is 0. The maximum atomic E-state index is 14.6. The number of halogens is 3. The van der Waals surface area contributed by atoms with Crippen LogP contribution in [0.2, 0.25) is 0 Å². The lowest BCUT2D eigenvalue weighted by atomic mass is 10.1. The van der Waals surface area contributed by atoms with Gasteiger partial charge in [0.1, 0.15) is 24.8 Å². The fourth-order valence-corrected chi connectivity index (χ4v) is 2.97. The lowest BCUT2D eigenvalue weighted by molar-refractivity contribution is -0.0498. The highest BCUT2D eigenvalue weighted by molar-refractivity contribution is 5.68. The molecule has 13 heteroatoms. The molecule has 4 aromatic rings. The van der Waals surface area contributed by atoms with Crippen molar-refractivity contribution in [3.63, 3.8) is 0 Å². The average Bonchev–Trinajstić information content (AvgIpc) is 3.27. The van der Waals surface area contributed by atoms with Crippen LogP contribution in [0, 0.1) is 0 Å². The Morgan fingerprint density at radius 1 is 1.10 bits per heavy atom. The lowest BCUT2D eigenvalue weighted by Crippen LogP contribution is -2.23. The third-order valence-electron chi connectivity index (χ3n) is 4.45. The van der Waals surface area contributed by atoms with Crippen LogP contribution in [0.3, 0.4) is 0 Å². The predicted octanol–water partition coefficient (Wildman–Crippen LogP) is 1.64. The molecule has 0 aliphatic carbocycles. The van der Waals surface area contributed by atoms with Crippen molar-refractivity contribution in [2.45, 2.75) is 25.9 Å². The Balaban J connectivity index is 1.50. The fraction of sp³-hybridized carbons (Fsp3) is 0.278. The van der Waals surface area contributed by atoms with Crippen molar-refractivity contribution >= 4 is 11.2 Å². The quantitative estimate of drug-likeness (QED) is 0.433. The summed E-state index contributed by atoms with van der Waals surface area (Å²) in [6.07, 6.45) is 1.04. The Morgan fingerprint density at radius 3 is 2.52 bits per heavy atom. The topological polar surface area (TPSA) is 110 Å². The third-order valence-corrected chi connectivity index (χ3v) is 4.45. The van der Waals surface area contributed by atoms with Crippen LogP contribution < -0.4 is 16.1 Å². The summed E-state index contributed by atoms with van der Waals surface area (Å²) >= 11 is 0. The SMILES string of the molecule is Cn1cnc2ncn(Cc3nn(C[C@H](F)c4ccc(OC(F)F)cc4)c(=O)o3)c(=O)c21. The first-order valence-electron chi connectivity index (χ1n) is 8.94. The highest BCUT2D eigenvalue weighted by Gasteiger charge is 2.17. The van der Waals surface area contributed by atoms with Crippen LogP contribution in [0.5, 0.6) is 5.75 Å². The van der Waals surface area contributed by atoms with Crippen LogP contribution in [0.1, 0.15) is 17.6 Å². The van der Waals surface area contributed by atoms with Gasteiger partial charge in [-0.25, -0.2) is 19.2 Å². The summed E-state index contributed by atoms with van der Waals surface area (Å²) in [5.74, 6) is -1.13. The van der Waals surface area contributed by atoms with Gasteiger partial charge in [-0.3, -0.25) is 9.36 Å². The van der Waals surface area contributed by atoms with Gasteiger partial charge in [0.25, 0.3) is 5.56 Å². The van der Waals surface area contributed by atoms with E-state index in [1.807, 2.05) is 0 Å². The predicted molar refractivity (Wildman–Crippen MR) is 99.6 cm³/mol. The van der Waals surface area contributed by atoms with Crippen molar-refractivity contribution in [2.75, 3.05) is 0 Å². The number of nitrogens with zero attached hydrogens (tertiary/aromatic N) is 6. The van der Waals surface area contributed by atoms with Gasteiger partial charge in [0.2, 0.25) is 5.89 Å². The lowest BCUT2D eigenvalue weighted by Gasteiger charge is -2.09. The number of benzene rings is 1. The molecular formula is C18H15F3N6O4. The molecule has 0 aliphatic rings. The van der Waals surface area contributed by atoms with Crippen LogP contribution in [0.25, 0.3) is 11.2 Å². The molecule has 0 amide bonds. The van der Waals surface area contributed by atoms with E-state index in [4.69, 9.17) is 4.42 Å². The zero-order valence-corrected chi connectivity index (χ0v) is 16.0. The van der Waals surface area contributed by atoms with E-state index >= 15 is 0 Å². The summed E-state index contributed by atoms with van der Waals surface area (Å²) < 4.78 is 51.7. The number of aromatic nitrogens is 6. The van der Waals surface area contributed by atoms with Gasteiger partial charge >= 0.3 is 12.4 Å². The molecule has 0 spiro atoms. The van der Waals surface area contributed by atoms with Crippen molar-refractivity contribution in [1.29, 1.82) is 0 Å².